The Morgan fingerprint density at radius 1 is 1.26 bits per heavy atom. The van der Waals surface area contributed by atoms with E-state index in [1.54, 1.807) is 14.2 Å². The first-order valence-electron chi connectivity index (χ1n) is 7.31. The van der Waals surface area contributed by atoms with E-state index in [2.05, 4.69) is 20.9 Å². The van der Waals surface area contributed by atoms with Crippen LogP contribution in [-0.2, 0) is 16.1 Å². The van der Waals surface area contributed by atoms with Crippen LogP contribution in [0.1, 0.15) is 5.56 Å². The highest BCUT2D eigenvalue weighted by atomic mass is 16.7. The first kappa shape index (κ1) is 16.9. The van der Waals surface area contributed by atoms with Gasteiger partial charge < -0.3 is 30.2 Å². The van der Waals surface area contributed by atoms with Crippen LogP contribution in [0.2, 0.25) is 0 Å². The molecule has 0 fully saturated rings. The van der Waals surface area contributed by atoms with Crippen molar-refractivity contribution in [2.75, 3.05) is 40.6 Å². The zero-order valence-electron chi connectivity index (χ0n) is 13.3. The lowest BCUT2D eigenvalue weighted by molar-refractivity contribution is -0.120. The summed E-state index contributed by atoms with van der Waals surface area (Å²) in [5, 5.41) is 8.81. The summed E-state index contributed by atoms with van der Waals surface area (Å²) in [6.45, 7) is 1.93. The lowest BCUT2D eigenvalue weighted by Gasteiger charge is -2.12. The van der Waals surface area contributed by atoms with Gasteiger partial charge in [-0.05, 0) is 17.7 Å². The van der Waals surface area contributed by atoms with E-state index in [0.717, 1.165) is 17.1 Å². The molecular formula is C15H22N4O4. The maximum Gasteiger partial charge on any atom is 0.239 e. The van der Waals surface area contributed by atoms with Gasteiger partial charge in [0.05, 0.1) is 13.2 Å². The van der Waals surface area contributed by atoms with Gasteiger partial charge in [0.2, 0.25) is 12.7 Å². The SMILES string of the molecule is CN=C(NCC(=O)NCCOC)NCc1ccc2c(c1)OCO2. The van der Waals surface area contributed by atoms with E-state index >= 15 is 0 Å². The van der Waals surface area contributed by atoms with Crippen molar-refractivity contribution in [3.8, 4) is 11.5 Å². The third-order valence-electron chi connectivity index (χ3n) is 3.17. The van der Waals surface area contributed by atoms with E-state index < -0.39 is 0 Å². The van der Waals surface area contributed by atoms with E-state index in [9.17, 15) is 4.79 Å². The van der Waals surface area contributed by atoms with Gasteiger partial charge in [-0.15, -0.1) is 0 Å². The number of methoxy groups -OCH3 is 1. The van der Waals surface area contributed by atoms with Gasteiger partial charge in [-0.25, -0.2) is 0 Å². The van der Waals surface area contributed by atoms with E-state index in [-0.39, 0.29) is 19.2 Å². The molecule has 0 unspecified atom stereocenters. The molecule has 8 nitrogen and oxygen atoms in total. The smallest absolute Gasteiger partial charge is 0.239 e. The minimum absolute atomic E-state index is 0.118. The monoisotopic (exact) mass is 322 g/mol. The van der Waals surface area contributed by atoms with Crippen LogP contribution < -0.4 is 25.4 Å². The van der Waals surface area contributed by atoms with Crippen molar-refractivity contribution in [1.29, 1.82) is 0 Å². The van der Waals surface area contributed by atoms with Crippen LogP contribution in [0.25, 0.3) is 0 Å². The van der Waals surface area contributed by atoms with Crippen molar-refractivity contribution in [1.82, 2.24) is 16.0 Å². The summed E-state index contributed by atoms with van der Waals surface area (Å²) in [6, 6.07) is 5.74. The van der Waals surface area contributed by atoms with Gasteiger partial charge in [-0.2, -0.15) is 0 Å². The number of fused-ring (bicyclic) bond motifs is 1. The van der Waals surface area contributed by atoms with Crippen LogP contribution in [0.4, 0.5) is 0 Å². The highest BCUT2D eigenvalue weighted by molar-refractivity contribution is 5.86. The molecule has 1 aliphatic rings. The standard InChI is InChI=1S/C15H22N4O4/c1-16-15(19-9-14(20)17-5-6-21-2)18-8-11-3-4-12-13(7-11)23-10-22-12/h3-4,7H,5-6,8-10H2,1-2H3,(H,17,20)(H2,16,18,19). The molecule has 0 radical (unpaired) electrons. The highest BCUT2D eigenvalue weighted by Crippen LogP contribution is 2.32. The Morgan fingerprint density at radius 3 is 2.87 bits per heavy atom. The maximum absolute atomic E-state index is 11.6. The van der Waals surface area contributed by atoms with Gasteiger partial charge in [0, 0.05) is 27.2 Å². The van der Waals surface area contributed by atoms with E-state index in [1.807, 2.05) is 18.2 Å². The third-order valence-corrected chi connectivity index (χ3v) is 3.17. The van der Waals surface area contributed by atoms with E-state index in [0.29, 0.717) is 25.7 Å². The summed E-state index contributed by atoms with van der Waals surface area (Å²) in [7, 11) is 3.24. The molecule has 23 heavy (non-hydrogen) atoms. The van der Waals surface area contributed by atoms with Gasteiger partial charge in [0.1, 0.15) is 0 Å². The Bertz CT molecular complexity index is 562. The summed E-state index contributed by atoms with van der Waals surface area (Å²) in [4.78, 5) is 15.7. The number of hydrogen-bond acceptors (Lipinski definition) is 5. The van der Waals surface area contributed by atoms with Crippen LogP contribution in [0, 0.1) is 0 Å². The number of guanidine groups is 1. The molecule has 0 saturated heterocycles. The zero-order valence-corrected chi connectivity index (χ0v) is 13.3. The Morgan fingerprint density at radius 2 is 2.09 bits per heavy atom. The van der Waals surface area contributed by atoms with Crippen LogP contribution in [0.15, 0.2) is 23.2 Å². The first-order chi connectivity index (χ1) is 11.2. The summed E-state index contributed by atoms with van der Waals surface area (Å²) in [6.07, 6.45) is 0. The van der Waals surface area contributed by atoms with Crippen molar-refractivity contribution >= 4 is 11.9 Å². The molecule has 0 bridgehead atoms. The Labute approximate surface area is 135 Å². The van der Waals surface area contributed by atoms with Crippen LogP contribution >= 0.6 is 0 Å². The number of carbonyl (C=O) groups is 1. The summed E-state index contributed by atoms with van der Waals surface area (Å²) in [5.41, 5.74) is 1.03. The number of ether oxygens (including phenoxy) is 3. The lowest BCUT2D eigenvalue weighted by atomic mass is 10.2. The predicted octanol–water partition coefficient (Wildman–Crippen LogP) is -0.157. The fourth-order valence-corrected chi connectivity index (χ4v) is 1.98. The van der Waals surface area contributed by atoms with Gasteiger partial charge in [0.25, 0.3) is 0 Å². The number of hydrogen-bond donors (Lipinski definition) is 3. The largest absolute Gasteiger partial charge is 0.454 e. The molecule has 1 amide bonds. The molecular weight excluding hydrogens is 300 g/mol. The normalized spacial score (nSPS) is 12.9. The van der Waals surface area contributed by atoms with Gasteiger partial charge in [-0.1, -0.05) is 6.07 Å². The molecule has 8 heteroatoms. The van der Waals surface area contributed by atoms with Crippen LogP contribution in [0.5, 0.6) is 11.5 Å². The van der Waals surface area contributed by atoms with Gasteiger partial charge in [0.15, 0.2) is 17.5 Å². The maximum atomic E-state index is 11.6. The van der Waals surface area contributed by atoms with E-state index in [1.165, 1.54) is 0 Å². The van der Waals surface area contributed by atoms with Crippen molar-refractivity contribution in [2.24, 2.45) is 4.99 Å². The minimum atomic E-state index is -0.118. The molecule has 0 atom stereocenters. The first-order valence-corrected chi connectivity index (χ1v) is 7.31. The van der Waals surface area contributed by atoms with Crippen LogP contribution in [0.3, 0.4) is 0 Å². The molecule has 3 N–H and O–H groups in total. The average molecular weight is 322 g/mol. The molecule has 1 aromatic rings. The number of amides is 1. The van der Waals surface area contributed by atoms with Gasteiger partial charge >= 0.3 is 0 Å². The number of benzene rings is 1. The molecule has 0 aliphatic carbocycles. The molecule has 0 spiro atoms. The second kappa shape index (κ2) is 8.84. The fraction of sp³-hybridized carbons (Fsp3) is 0.467. The van der Waals surface area contributed by atoms with Crippen molar-refractivity contribution in [2.45, 2.75) is 6.54 Å². The van der Waals surface area contributed by atoms with Crippen molar-refractivity contribution < 1.29 is 19.0 Å². The topological polar surface area (TPSA) is 93.2 Å². The Hall–Kier alpha value is -2.48. The molecule has 1 aliphatic heterocycles. The van der Waals surface area contributed by atoms with Crippen LogP contribution in [-0.4, -0.2) is 52.5 Å². The number of nitrogens with one attached hydrogen (secondary N) is 3. The second-order valence-corrected chi connectivity index (χ2v) is 4.81. The second-order valence-electron chi connectivity index (χ2n) is 4.81. The molecule has 0 saturated carbocycles. The Kier molecular flexibility index (Phi) is 6.49. The number of aliphatic imine (C=N–C) groups is 1. The van der Waals surface area contributed by atoms with Crippen molar-refractivity contribution in [3.63, 3.8) is 0 Å². The third kappa shape index (κ3) is 5.33. The fourth-order valence-electron chi connectivity index (χ4n) is 1.98. The minimum Gasteiger partial charge on any atom is -0.454 e. The summed E-state index contributed by atoms with van der Waals surface area (Å²) in [5.74, 6) is 1.92. The van der Waals surface area contributed by atoms with E-state index in [4.69, 9.17) is 14.2 Å². The number of carbonyl (C=O) groups excluding carboxylic acids is 1. The lowest BCUT2D eigenvalue weighted by Crippen LogP contribution is -2.43. The summed E-state index contributed by atoms with van der Waals surface area (Å²) < 4.78 is 15.5. The van der Waals surface area contributed by atoms with Gasteiger partial charge in [-0.3, -0.25) is 9.79 Å². The Balaban J connectivity index is 1.73. The molecule has 1 heterocycles. The average Bonchev–Trinajstić information content (AvgIpc) is 3.03. The van der Waals surface area contributed by atoms with Crippen molar-refractivity contribution in [3.05, 3.63) is 23.8 Å². The molecule has 126 valence electrons. The quantitative estimate of drug-likeness (QED) is 0.367. The number of rotatable bonds is 7. The summed E-state index contributed by atoms with van der Waals surface area (Å²) >= 11 is 0. The predicted molar refractivity (Wildman–Crippen MR) is 85.7 cm³/mol. The molecule has 1 aromatic carbocycles. The number of nitrogens with zero attached hydrogens (tertiary/aromatic N) is 1. The molecule has 2 rings (SSSR count). The zero-order chi connectivity index (χ0) is 16.5. The molecule has 0 aromatic heterocycles. The highest BCUT2D eigenvalue weighted by Gasteiger charge is 2.13.